The highest BCUT2D eigenvalue weighted by molar-refractivity contribution is 6.07. The fourth-order valence-corrected chi connectivity index (χ4v) is 3.30. The Bertz CT molecular complexity index is 1050. The average molecular weight is 438 g/mol. The maximum Gasteiger partial charge on any atom is 0.293 e. The van der Waals surface area contributed by atoms with Crippen LogP contribution in [0.25, 0.3) is 0 Å². The third-order valence-corrected chi connectivity index (χ3v) is 4.95. The van der Waals surface area contributed by atoms with E-state index in [0.29, 0.717) is 38.6 Å². The lowest BCUT2D eigenvalue weighted by molar-refractivity contribution is -0.384. The van der Waals surface area contributed by atoms with Gasteiger partial charge in [0.25, 0.3) is 5.69 Å². The van der Waals surface area contributed by atoms with Gasteiger partial charge >= 0.3 is 0 Å². The molecule has 0 saturated heterocycles. The molecule has 32 heavy (non-hydrogen) atoms. The number of nitrogens with zero attached hydrogens (tertiary/aromatic N) is 4. The van der Waals surface area contributed by atoms with Crippen LogP contribution in [0.5, 0.6) is 0 Å². The summed E-state index contributed by atoms with van der Waals surface area (Å²) in [5.74, 6) is -0.149. The van der Waals surface area contributed by atoms with Gasteiger partial charge in [-0.1, -0.05) is 30.3 Å². The van der Waals surface area contributed by atoms with Crippen LogP contribution in [0, 0.1) is 10.1 Å². The van der Waals surface area contributed by atoms with Crippen LogP contribution in [-0.4, -0.2) is 53.7 Å². The normalized spacial score (nSPS) is 10.8. The smallest absolute Gasteiger partial charge is 0.293 e. The second kappa shape index (κ2) is 11.2. The quantitative estimate of drug-likeness (QED) is 0.185. The highest BCUT2D eigenvalue weighted by atomic mass is 16.6. The van der Waals surface area contributed by atoms with Gasteiger partial charge in [0.05, 0.1) is 24.7 Å². The minimum Gasteiger partial charge on any atom is -0.382 e. The topological polar surface area (TPSA) is 99.7 Å². The molecule has 0 aliphatic carbocycles. The maximum absolute atomic E-state index is 12.8. The van der Waals surface area contributed by atoms with Crippen LogP contribution in [0.1, 0.15) is 21.7 Å². The molecule has 9 heteroatoms. The number of nitro benzene ring substituents is 1. The summed E-state index contributed by atoms with van der Waals surface area (Å²) in [6.45, 7) is 2.19. The SMILES string of the molecule is COCCOCCN(Cc1ccccc1)c1ccc(C(=O)c2nccn2C)cc1[N+](=O)[O-]. The van der Waals surface area contributed by atoms with Crippen molar-refractivity contribution in [1.82, 2.24) is 9.55 Å². The molecule has 0 radical (unpaired) electrons. The first-order valence-corrected chi connectivity index (χ1v) is 10.2. The fourth-order valence-electron chi connectivity index (χ4n) is 3.30. The molecule has 168 valence electrons. The molecule has 9 nitrogen and oxygen atoms in total. The fraction of sp³-hybridized carbons (Fsp3) is 0.304. The molecule has 0 aliphatic heterocycles. The van der Waals surface area contributed by atoms with E-state index in [0.717, 1.165) is 5.56 Å². The summed E-state index contributed by atoms with van der Waals surface area (Å²) in [5, 5.41) is 11.9. The van der Waals surface area contributed by atoms with E-state index in [1.165, 1.54) is 12.3 Å². The van der Waals surface area contributed by atoms with E-state index in [-0.39, 0.29) is 22.9 Å². The van der Waals surface area contributed by atoms with Crippen molar-refractivity contribution in [3.05, 3.63) is 88.0 Å². The van der Waals surface area contributed by atoms with E-state index >= 15 is 0 Å². The molecule has 0 amide bonds. The minimum atomic E-state index is -0.464. The van der Waals surface area contributed by atoms with E-state index in [9.17, 15) is 14.9 Å². The molecule has 0 saturated carbocycles. The molecule has 3 aromatic rings. The summed E-state index contributed by atoms with van der Waals surface area (Å²) in [7, 11) is 3.30. The van der Waals surface area contributed by atoms with Crippen molar-refractivity contribution in [2.75, 3.05) is 38.4 Å². The van der Waals surface area contributed by atoms with Crippen molar-refractivity contribution in [1.29, 1.82) is 0 Å². The van der Waals surface area contributed by atoms with Gasteiger partial charge in [-0.25, -0.2) is 4.98 Å². The van der Waals surface area contributed by atoms with Crippen LogP contribution in [0.3, 0.4) is 0 Å². The number of hydrogen-bond acceptors (Lipinski definition) is 7. The Labute approximate surface area is 186 Å². The molecule has 0 spiro atoms. The third kappa shape index (κ3) is 5.77. The number of hydrogen-bond donors (Lipinski definition) is 0. The molecular formula is C23H26N4O5. The molecule has 0 bridgehead atoms. The molecule has 1 aromatic heterocycles. The summed E-state index contributed by atoms with van der Waals surface area (Å²) >= 11 is 0. The van der Waals surface area contributed by atoms with Crippen molar-refractivity contribution in [3.63, 3.8) is 0 Å². The van der Waals surface area contributed by atoms with Crippen LogP contribution >= 0.6 is 0 Å². The average Bonchev–Trinajstić information content (AvgIpc) is 3.23. The van der Waals surface area contributed by atoms with E-state index in [4.69, 9.17) is 9.47 Å². The number of aryl methyl sites for hydroxylation is 1. The Kier molecular flexibility index (Phi) is 8.07. The molecular weight excluding hydrogens is 412 g/mol. The van der Waals surface area contributed by atoms with Gasteiger partial charge in [-0.15, -0.1) is 0 Å². The van der Waals surface area contributed by atoms with Gasteiger partial charge in [0.1, 0.15) is 5.69 Å². The number of carbonyl (C=O) groups is 1. The minimum absolute atomic E-state index is 0.141. The van der Waals surface area contributed by atoms with Gasteiger partial charge in [0.2, 0.25) is 5.78 Å². The Balaban J connectivity index is 1.90. The van der Waals surface area contributed by atoms with Crippen molar-refractivity contribution in [3.8, 4) is 0 Å². The van der Waals surface area contributed by atoms with Crippen LogP contribution in [-0.2, 0) is 23.1 Å². The lowest BCUT2D eigenvalue weighted by atomic mass is 10.1. The van der Waals surface area contributed by atoms with Crippen LogP contribution in [0.15, 0.2) is 60.9 Å². The van der Waals surface area contributed by atoms with E-state index < -0.39 is 4.92 Å². The first kappa shape index (κ1) is 23.1. The van der Waals surface area contributed by atoms with Crippen molar-refractivity contribution in [2.24, 2.45) is 7.05 Å². The highest BCUT2D eigenvalue weighted by Gasteiger charge is 2.24. The monoisotopic (exact) mass is 438 g/mol. The number of ether oxygens (including phenoxy) is 2. The number of methoxy groups -OCH3 is 1. The number of aromatic nitrogens is 2. The van der Waals surface area contributed by atoms with Crippen LogP contribution in [0.4, 0.5) is 11.4 Å². The van der Waals surface area contributed by atoms with Crippen molar-refractivity contribution in [2.45, 2.75) is 6.54 Å². The second-order valence-corrected chi connectivity index (χ2v) is 7.16. The first-order valence-electron chi connectivity index (χ1n) is 10.2. The number of carbonyl (C=O) groups excluding carboxylic acids is 1. The highest BCUT2D eigenvalue weighted by Crippen LogP contribution is 2.31. The largest absolute Gasteiger partial charge is 0.382 e. The Morgan fingerprint density at radius 1 is 1.16 bits per heavy atom. The maximum atomic E-state index is 12.8. The number of ketones is 1. The zero-order valence-electron chi connectivity index (χ0n) is 18.1. The second-order valence-electron chi connectivity index (χ2n) is 7.16. The molecule has 0 unspecified atom stereocenters. The van der Waals surface area contributed by atoms with E-state index in [1.807, 2.05) is 35.2 Å². The number of benzene rings is 2. The van der Waals surface area contributed by atoms with Gasteiger partial charge in [-0.3, -0.25) is 14.9 Å². The molecule has 2 aromatic carbocycles. The Morgan fingerprint density at radius 2 is 1.94 bits per heavy atom. The molecule has 0 N–H and O–H groups in total. The summed E-state index contributed by atoms with van der Waals surface area (Å²) < 4.78 is 12.2. The Hall–Kier alpha value is -3.56. The van der Waals surface area contributed by atoms with E-state index in [1.54, 1.807) is 37.1 Å². The van der Waals surface area contributed by atoms with Gasteiger partial charge in [0, 0.05) is 51.3 Å². The van der Waals surface area contributed by atoms with Crippen LogP contribution in [0.2, 0.25) is 0 Å². The molecule has 1 heterocycles. The summed E-state index contributed by atoms with van der Waals surface area (Å²) in [6.07, 6.45) is 3.17. The van der Waals surface area contributed by atoms with Crippen molar-refractivity contribution >= 4 is 17.2 Å². The zero-order valence-corrected chi connectivity index (χ0v) is 18.1. The predicted molar refractivity (Wildman–Crippen MR) is 120 cm³/mol. The van der Waals surface area contributed by atoms with Gasteiger partial charge < -0.3 is 18.9 Å². The van der Waals surface area contributed by atoms with Gasteiger partial charge in [-0.2, -0.15) is 0 Å². The van der Waals surface area contributed by atoms with Gasteiger partial charge in [-0.05, 0) is 17.7 Å². The number of anilines is 1. The van der Waals surface area contributed by atoms with Crippen molar-refractivity contribution < 1.29 is 19.2 Å². The first-order chi connectivity index (χ1) is 15.5. The number of nitro groups is 1. The summed E-state index contributed by atoms with van der Waals surface area (Å²) in [5.41, 5.74) is 1.50. The van der Waals surface area contributed by atoms with E-state index in [2.05, 4.69) is 4.98 Å². The summed E-state index contributed by atoms with van der Waals surface area (Å²) in [6, 6.07) is 14.2. The number of imidazole rings is 1. The number of rotatable bonds is 12. The molecule has 0 aliphatic rings. The standard InChI is InChI=1S/C23H26N4O5/c1-25-11-10-24-23(25)22(28)19-8-9-20(21(16-19)27(29)30)26(12-13-32-15-14-31-2)17-18-6-4-3-5-7-18/h3-11,16H,12-15,17H2,1-2H3. The third-order valence-electron chi connectivity index (χ3n) is 4.95. The molecule has 3 rings (SSSR count). The molecule has 0 atom stereocenters. The lowest BCUT2D eigenvalue weighted by Gasteiger charge is -2.25. The Morgan fingerprint density at radius 3 is 2.59 bits per heavy atom. The van der Waals surface area contributed by atoms with Crippen LogP contribution < -0.4 is 4.90 Å². The lowest BCUT2D eigenvalue weighted by Crippen LogP contribution is -2.28. The summed E-state index contributed by atoms with van der Waals surface area (Å²) in [4.78, 5) is 30.2. The molecule has 0 fully saturated rings. The van der Waals surface area contributed by atoms with Gasteiger partial charge in [0.15, 0.2) is 5.82 Å². The predicted octanol–water partition coefficient (Wildman–Crippen LogP) is 3.23. The zero-order chi connectivity index (χ0) is 22.9.